The molecule has 3 N–H and O–H groups in total. The van der Waals surface area contributed by atoms with Crippen LogP contribution in [0.5, 0.6) is 0 Å². The van der Waals surface area contributed by atoms with E-state index in [0.29, 0.717) is 13.0 Å². The van der Waals surface area contributed by atoms with Crippen LogP contribution in [0.1, 0.15) is 57.8 Å². The van der Waals surface area contributed by atoms with Crippen LogP contribution >= 0.6 is 12.6 Å². The van der Waals surface area contributed by atoms with Crippen LogP contribution in [0.2, 0.25) is 0 Å². The van der Waals surface area contributed by atoms with Crippen LogP contribution in [0, 0.1) is 0 Å². The van der Waals surface area contributed by atoms with Gasteiger partial charge in [0.15, 0.2) is 6.54 Å². The number of aliphatic carboxylic acids is 1. The molecule has 5 nitrogen and oxygen atoms in total. The molecule has 22 heavy (non-hydrogen) atoms. The van der Waals surface area contributed by atoms with Crippen molar-refractivity contribution in [2.45, 2.75) is 57.8 Å². The van der Waals surface area contributed by atoms with Crippen LogP contribution in [0.15, 0.2) is 0 Å². The highest BCUT2D eigenvalue weighted by Gasteiger charge is 2.07. The smallest absolute Gasteiger partial charge is 0.359 e. The highest BCUT2D eigenvalue weighted by atomic mass is 32.1. The quantitative estimate of drug-likeness (QED) is 0.268. The molecule has 1 unspecified atom stereocenters. The van der Waals surface area contributed by atoms with E-state index in [1.807, 2.05) is 7.05 Å². The van der Waals surface area contributed by atoms with Crippen molar-refractivity contribution >= 4 is 24.5 Å². The van der Waals surface area contributed by atoms with Crippen LogP contribution in [0.4, 0.5) is 0 Å². The fraction of sp³-hybridized carbons (Fsp3) is 0.875. The van der Waals surface area contributed by atoms with E-state index < -0.39 is 5.97 Å². The number of thiol groups is 1. The van der Waals surface area contributed by atoms with E-state index in [4.69, 9.17) is 5.11 Å². The van der Waals surface area contributed by atoms with E-state index in [-0.39, 0.29) is 12.5 Å². The number of carboxylic acid groups (broad SMARTS) is 1. The lowest BCUT2D eigenvalue weighted by atomic mass is 10.1. The summed E-state index contributed by atoms with van der Waals surface area (Å²) in [5, 5.41) is 11.5. The Morgan fingerprint density at radius 2 is 1.59 bits per heavy atom. The van der Waals surface area contributed by atoms with Gasteiger partial charge < -0.3 is 15.3 Å². The SMILES string of the molecule is C[NH+](CCCNC(=O)CCCCCCCCCS)CC(=O)O. The van der Waals surface area contributed by atoms with E-state index in [2.05, 4.69) is 17.9 Å². The summed E-state index contributed by atoms with van der Waals surface area (Å²) in [6.07, 6.45) is 9.72. The number of quaternary nitrogens is 1. The van der Waals surface area contributed by atoms with E-state index in [1.54, 1.807) is 0 Å². The number of nitrogens with one attached hydrogen (secondary N) is 2. The molecular weight excluding hydrogens is 300 g/mol. The summed E-state index contributed by atoms with van der Waals surface area (Å²) in [6, 6.07) is 0. The third-order valence-corrected chi connectivity index (χ3v) is 3.93. The Bertz CT molecular complexity index is 301. The van der Waals surface area contributed by atoms with Gasteiger partial charge in [0.25, 0.3) is 0 Å². The number of carboxylic acids is 1. The summed E-state index contributed by atoms with van der Waals surface area (Å²) in [6.45, 7) is 1.53. The van der Waals surface area contributed by atoms with Crippen LogP contribution < -0.4 is 10.2 Å². The zero-order valence-corrected chi connectivity index (χ0v) is 14.8. The standard InChI is InChI=1S/C16H32N2O3S/c1-18(14-16(20)21)12-9-11-17-15(19)10-7-5-3-2-4-6-8-13-22/h22H,2-14H2,1H3,(H,17,19)(H,20,21)/p+1. The Morgan fingerprint density at radius 1 is 1.00 bits per heavy atom. The van der Waals surface area contributed by atoms with Crippen molar-refractivity contribution in [3.05, 3.63) is 0 Å². The Kier molecular flexibility index (Phi) is 14.6. The lowest BCUT2D eigenvalue weighted by Crippen LogP contribution is -3.10. The Balaban J connectivity index is 3.31. The van der Waals surface area contributed by atoms with E-state index in [1.165, 1.54) is 32.1 Å². The number of rotatable bonds is 15. The summed E-state index contributed by atoms with van der Waals surface area (Å²) in [7, 11) is 1.85. The minimum absolute atomic E-state index is 0.117. The van der Waals surface area contributed by atoms with Crippen LogP contribution in [0.25, 0.3) is 0 Å². The lowest BCUT2D eigenvalue weighted by Gasteiger charge is -2.11. The van der Waals surface area contributed by atoms with Gasteiger partial charge in [-0.1, -0.05) is 32.1 Å². The van der Waals surface area contributed by atoms with E-state index in [9.17, 15) is 9.59 Å². The van der Waals surface area contributed by atoms with Crippen LogP contribution in [-0.2, 0) is 9.59 Å². The molecule has 0 aliphatic rings. The van der Waals surface area contributed by atoms with Gasteiger partial charge in [-0.25, -0.2) is 4.79 Å². The molecule has 1 atom stereocenters. The fourth-order valence-electron chi connectivity index (χ4n) is 2.33. The number of amides is 1. The topological polar surface area (TPSA) is 70.8 Å². The number of hydrogen-bond acceptors (Lipinski definition) is 3. The average molecular weight is 334 g/mol. The van der Waals surface area contributed by atoms with Gasteiger partial charge in [0.05, 0.1) is 13.6 Å². The van der Waals surface area contributed by atoms with Gasteiger partial charge >= 0.3 is 5.97 Å². The van der Waals surface area contributed by atoms with Crippen molar-refractivity contribution in [3.8, 4) is 0 Å². The van der Waals surface area contributed by atoms with Gasteiger partial charge in [-0.15, -0.1) is 0 Å². The molecule has 0 aromatic heterocycles. The highest BCUT2D eigenvalue weighted by Crippen LogP contribution is 2.08. The minimum Gasteiger partial charge on any atom is -0.477 e. The summed E-state index contributed by atoms with van der Waals surface area (Å²) < 4.78 is 0. The molecule has 6 heteroatoms. The molecule has 0 aromatic rings. The summed E-state index contributed by atoms with van der Waals surface area (Å²) in [5.74, 6) is 0.312. The lowest BCUT2D eigenvalue weighted by molar-refractivity contribution is -0.871. The predicted octanol–water partition coefficient (Wildman–Crippen LogP) is 1.14. The molecule has 1 amide bonds. The van der Waals surface area contributed by atoms with Crippen molar-refractivity contribution in [1.82, 2.24) is 5.32 Å². The maximum atomic E-state index is 11.6. The normalized spacial score (nSPS) is 12.1. The number of hydrogen-bond donors (Lipinski definition) is 4. The molecular formula is C16H33N2O3S+. The third kappa shape index (κ3) is 15.6. The second-order valence-electron chi connectivity index (χ2n) is 5.93. The van der Waals surface area contributed by atoms with Gasteiger partial charge in [0.2, 0.25) is 5.91 Å². The van der Waals surface area contributed by atoms with Gasteiger partial charge in [-0.3, -0.25) is 4.79 Å². The Morgan fingerprint density at radius 3 is 2.18 bits per heavy atom. The second kappa shape index (κ2) is 15.2. The van der Waals surface area contributed by atoms with Crippen molar-refractivity contribution in [3.63, 3.8) is 0 Å². The molecule has 0 aliphatic heterocycles. The number of carbonyl (C=O) groups excluding carboxylic acids is 1. The molecule has 0 spiro atoms. The molecule has 0 saturated heterocycles. The Labute approximate surface area is 140 Å². The summed E-state index contributed by atoms with van der Waals surface area (Å²) in [4.78, 5) is 23.1. The van der Waals surface area contributed by atoms with Gasteiger partial charge in [-0.05, 0) is 18.6 Å². The van der Waals surface area contributed by atoms with E-state index >= 15 is 0 Å². The molecule has 0 bridgehead atoms. The first kappa shape index (κ1) is 21.2. The minimum atomic E-state index is -0.785. The first-order valence-corrected chi connectivity index (χ1v) is 9.10. The fourth-order valence-corrected chi connectivity index (χ4v) is 2.56. The van der Waals surface area contributed by atoms with Crippen molar-refractivity contribution in [1.29, 1.82) is 0 Å². The highest BCUT2D eigenvalue weighted by molar-refractivity contribution is 7.80. The molecule has 130 valence electrons. The molecule has 0 radical (unpaired) electrons. The molecule has 0 heterocycles. The zero-order valence-electron chi connectivity index (χ0n) is 13.9. The summed E-state index contributed by atoms with van der Waals surface area (Å²) in [5.41, 5.74) is 0. The second-order valence-corrected chi connectivity index (χ2v) is 6.38. The number of unbranched alkanes of at least 4 members (excludes halogenated alkanes) is 6. The van der Waals surface area contributed by atoms with Crippen LogP contribution in [-0.4, -0.2) is 49.4 Å². The van der Waals surface area contributed by atoms with Crippen molar-refractivity contribution in [2.75, 3.05) is 32.4 Å². The first-order chi connectivity index (χ1) is 10.6. The monoisotopic (exact) mass is 333 g/mol. The maximum Gasteiger partial charge on any atom is 0.359 e. The van der Waals surface area contributed by atoms with Crippen molar-refractivity contribution < 1.29 is 19.6 Å². The molecule has 0 saturated carbocycles. The van der Waals surface area contributed by atoms with Gasteiger partial charge in [-0.2, -0.15) is 12.6 Å². The number of likely N-dealkylation sites (N-methyl/N-ethyl adjacent to an activating group) is 1. The largest absolute Gasteiger partial charge is 0.477 e. The first-order valence-electron chi connectivity index (χ1n) is 8.47. The maximum absolute atomic E-state index is 11.6. The molecule has 0 aromatic carbocycles. The zero-order chi connectivity index (χ0) is 16.6. The third-order valence-electron chi connectivity index (χ3n) is 3.62. The predicted molar refractivity (Wildman–Crippen MR) is 92.7 cm³/mol. The van der Waals surface area contributed by atoms with Crippen LogP contribution in [0.3, 0.4) is 0 Å². The Hall–Kier alpha value is -0.750. The average Bonchev–Trinajstić information content (AvgIpc) is 2.45. The van der Waals surface area contributed by atoms with Gasteiger partial charge in [0.1, 0.15) is 0 Å². The molecule has 0 rings (SSSR count). The molecule has 0 fully saturated rings. The molecule has 0 aliphatic carbocycles. The number of carbonyl (C=O) groups is 2. The van der Waals surface area contributed by atoms with Crippen molar-refractivity contribution in [2.24, 2.45) is 0 Å². The van der Waals surface area contributed by atoms with Gasteiger partial charge in [0, 0.05) is 19.4 Å². The summed E-state index contributed by atoms with van der Waals surface area (Å²) >= 11 is 4.19. The van der Waals surface area contributed by atoms with E-state index in [0.717, 1.165) is 36.5 Å².